The van der Waals surface area contributed by atoms with Gasteiger partial charge in [0.15, 0.2) is 0 Å². The van der Waals surface area contributed by atoms with Gasteiger partial charge in [-0.2, -0.15) is 0 Å². The van der Waals surface area contributed by atoms with Gasteiger partial charge in [-0.15, -0.1) is 0 Å². The van der Waals surface area contributed by atoms with Gasteiger partial charge in [0.25, 0.3) is 0 Å². The summed E-state index contributed by atoms with van der Waals surface area (Å²) in [6.07, 6.45) is 1.25. The van der Waals surface area contributed by atoms with Gasteiger partial charge in [0.1, 0.15) is 0 Å². The molecular formula is C8H16O2. The Kier molecular flexibility index (Phi) is 4.12. The Labute approximate surface area is 62.2 Å². The molecule has 0 amide bonds. The third-order valence-electron chi connectivity index (χ3n) is 1.59. The Hall–Kier alpha value is -0.500. The summed E-state index contributed by atoms with van der Waals surface area (Å²) in [5.74, 6) is 0.315. The van der Waals surface area contributed by atoms with E-state index in [9.17, 15) is 0 Å². The maximum Gasteiger partial charge on any atom is 0.0879 e. The molecule has 10 heavy (non-hydrogen) atoms. The molecule has 2 N–H and O–H groups in total. The van der Waals surface area contributed by atoms with E-state index in [2.05, 4.69) is 6.58 Å². The van der Waals surface area contributed by atoms with Gasteiger partial charge < -0.3 is 10.2 Å². The summed E-state index contributed by atoms with van der Waals surface area (Å²) < 4.78 is 0. The molecule has 2 atom stereocenters. The largest absolute Gasteiger partial charge is 0.513 e. The molecule has 0 aliphatic rings. The van der Waals surface area contributed by atoms with E-state index < -0.39 is 0 Å². The summed E-state index contributed by atoms with van der Waals surface area (Å²) in [4.78, 5) is 0. The molecule has 2 heteroatoms. The van der Waals surface area contributed by atoms with Gasteiger partial charge in [0, 0.05) is 5.92 Å². The molecule has 2 nitrogen and oxygen atoms in total. The van der Waals surface area contributed by atoms with Crippen molar-refractivity contribution in [3.05, 3.63) is 12.3 Å². The standard InChI is InChI=1S/C8H16O2/c1-6(8(3)10)4-5-7(2)9/h6-7,9-10H,3-5H2,1-2H3. The molecule has 60 valence electrons. The highest BCUT2D eigenvalue weighted by Crippen LogP contribution is 2.13. The first-order valence-electron chi connectivity index (χ1n) is 3.60. The van der Waals surface area contributed by atoms with E-state index in [-0.39, 0.29) is 17.8 Å². The van der Waals surface area contributed by atoms with Crippen LogP contribution in [0.4, 0.5) is 0 Å². The van der Waals surface area contributed by atoms with Crippen LogP contribution in [0.5, 0.6) is 0 Å². The van der Waals surface area contributed by atoms with Gasteiger partial charge in [0.05, 0.1) is 11.9 Å². The van der Waals surface area contributed by atoms with Gasteiger partial charge in [-0.1, -0.05) is 13.5 Å². The van der Waals surface area contributed by atoms with Crippen LogP contribution < -0.4 is 0 Å². The maximum absolute atomic E-state index is 8.87. The van der Waals surface area contributed by atoms with Gasteiger partial charge in [-0.05, 0) is 19.8 Å². The fourth-order valence-electron chi connectivity index (χ4n) is 0.658. The van der Waals surface area contributed by atoms with Crippen molar-refractivity contribution in [1.29, 1.82) is 0 Å². The summed E-state index contributed by atoms with van der Waals surface area (Å²) >= 11 is 0. The van der Waals surface area contributed by atoms with E-state index >= 15 is 0 Å². The summed E-state index contributed by atoms with van der Waals surface area (Å²) in [7, 11) is 0. The van der Waals surface area contributed by atoms with Crippen LogP contribution in [0, 0.1) is 5.92 Å². The number of allylic oxidation sites excluding steroid dienone is 1. The van der Waals surface area contributed by atoms with Crippen molar-refractivity contribution in [2.45, 2.75) is 32.8 Å². The molecule has 0 bridgehead atoms. The van der Waals surface area contributed by atoms with Crippen LogP contribution in [-0.2, 0) is 0 Å². The lowest BCUT2D eigenvalue weighted by Crippen LogP contribution is -2.04. The highest BCUT2D eigenvalue weighted by molar-refractivity contribution is 4.85. The number of rotatable bonds is 4. The molecule has 0 heterocycles. The molecule has 0 saturated carbocycles. The number of aliphatic hydroxyl groups excluding tert-OH is 2. The van der Waals surface area contributed by atoms with Crippen molar-refractivity contribution in [2.24, 2.45) is 5.92 Å². The SMILES string of the molecule is C=C(O)C(C)CCC(C)O. The molecule has 0 aromatic heterocycles. The molecular weight excluding hydrogens is 128 g/mol. The molecule has 0 radical (unpaired) electrons. The number of aliphatic hydroxyl groups is 2. The average Bonchev–Trinajstić information content (AvgIpc) is 1.82. The van der Waals surface area contributed by atoms with Gasteiger partial charge >= 0.3 is 0 Å². The van der Waals surface area contributed by atoms with Crippen LogP contribution in [0.15, 0.2) is 12.3 Å². The van der Waals surface area contributed by atoms with E-state index in [1.807, 2.05) is 6.92 Å². The van der Waals surface area contributed by atoms with Gasteiger partial charge in [0.2, 0.25) is 0 Å². The molecule has 0 spiro atoms. The van der Waals surface area contributed by atoms with Crippen LogP contribution in [-0.4, -0.2) is 16.3 Å². The maximum atomic E-state index is 8.87. The zero-order chi connectivity index (χ0) is 8.15. The van der Waals surface area contributed by atoms with Crippen LogP contribution >= 0.6 is 0 Å². The van der Waals surface area contributed by atoms with E-state index in [4.69, 9.17) is 10.2 Å². The van der Waals surface area contributed by atoms with Crippen LogP contribution in [0.1, 0.15) is 26.7 Å². The topological polar surface area (TPSA) is 40.5 Å². The molecule has 0 aromatic rings. The van der Waals surface area contributed by atoms with Crippen molar-refractivity contribution < 1.29 is 10.2 Å². The Morgan fingerprint density at radius 2 is 1.90 bits per heavy atom. The Bertz CT molecular complexity index is 108. The summed E-state index contributed by atoms with van der Waals surface area (Å²) in [5.41, 5.74) is 0. The molecule has 0 aliphatic heterocycles. The van der Waals surface area contributed by atoms with Crippen molar-refractivity contribution in [1.82, 2.24) is 0 Å². The fourth-order valence-corrected chi connectivity index (χ4v) is 0.658. The minimum Gasteiger partial charge on any atom is -0.513 e. The minimum atomic E-state index is -0.276. The highest BCUT2D eigenvalue weighted by Gasteiger charge is 2.05. The summed E-state index contributed by atoms with van der Waals surface area (Å²) in [5, 5.41) is 17.7. The Morgan fingerprint density at radius 3 is 2.20 bits per heavy atom. The fraction of sp³-hybridized carbons (Fsp3) is 0.750. The smallest absolute Gasteiger partial charge is 0.0879 e. The Balaban J connectivity index is 3.40. The zero-order valence-corrected chi connectivity index (χ0v) is 6.67. The molecule has 0 aliphatic carbocycles. The van der Waals surface area contributed by atoms with E-state index in [0.717, 1.165) is 12.8 Å². The number of hydrogen-bond acceptors (Lipinski definition) is 2. The normalized spacial score (nSPS) is 16.3. The number of hydrogen-bond donors (Lipinski definition) is 2. The lowest BCUT2D eigenvalue weighted by Gasteiger charge is -2.09. The molecule has 0 aromatic carbocycles. The van der Waals surface area contributed by atoms with E-state index in [0.29, 0.717) is 0 Å². The van der Waals surface area contributed by atoms with Crippen LogP contribution in [0.25, 0.3) is 0 Å². The molecule has 0 saturated heterocycles. The van der Waals surface area contributed by atoms with Crippen LogP contribution in [0.3, 0.4) is 0 Å². The second-order valence-corrected chi connectivity index (χ2v) is 2.82. The second-order valence-electron chi connectivity index (χ2n) is 2.82. The second kappa shape index (κ2) is 4.34. The lowest BCUT2D eigenvalue weighted by atomic mass is 10.0. The average molecular weight is 144 g/mol. The summed E-state index contributed by atoms with van der Waals surface area (Å²) in [6, 6.07) is 0. The first-order valence-corrected chi connectivity index (χ1v) is 3.60. The van der Waals surface area contributed by atoms with Crippen molar-refractivity contribution in [3.8, 4) is 0 Å². The first kappa shape index (κ1) is 9.50. The molecule has 2 unspecified atom stereocenters. The Morgan fingerprint density at radius 1 is 1.40 bits per heavy atom. The minimum absolute atomic E-state index is 0.106. The predicted molar refractivity (Wildman–Crippen MR) is 41.8 cm³/mol. The van der Waals surface area contributed by atoms with E-state index in [1.165, 1.54) is 0 Å². The van der Waals surface area contributed by atoms with Crippen molar-refractivity contribution in [3.63, 3.8) is 0 Å². The summed E-state index contributed by atoms with van der Waals surface area (Å²) in [6.45, 7) is 7.04. The van der Waals surface area contributed by atoms with E-state index in [1.54, 1.807) is 6.92 Å². The van der Waals surface area contributed by atoms with Crippen LogP contribution in [0.2, 0.25) is 0 Å². The van der Waals surface area contributed by atoms with Crippen molar-refractivity contribution in [2.75, 3.05) is 0 Å². The van der Waals surface area contributed by atoms with Gasteiger partial charge in [-0.3, -0.25) is 0 Å². The first-order chi connectivity index (χ1) is 4.54. The predicted octanol–water partition coefficient (Wildman–Crippen LogP) is 1.86. The monoisotopic (exact) mass is 144 g/mol. The van der Waals surface area contributed by atoms with Gasteiger partial charge in [-0.25, -0.2) is 0 Å². The third-order valence-corrected chi connectivity index (χ3v) is 1.59. The molecule has 0 fully saturated rings. The third kappa shape index (κ3) is 4.39. The van der Waals surface area contributed by atoms with Crippen molar-refractivity contribution >= 4 is 0 Å². The molecule has 0 rings (SSSR count). The zero-order valence-electron chi connectivity index (χ0n) is 6.67. The highest BCUT2D eigenvalue weighted by atomic mass is 16.3. The lowest BCUT2D eigenvalue weighted by molar-refractivity contribution is 0.172. The quantitative estimate of drug-likeness (QED) is 0.591.